The van der Waals surface area contributed by atoms with E-state index in [9.17, 15) is 9.59 Å². The van der Waals surface area contributed by atoms with Gasteiger partial charge < -0.3 is 24.3 Å². The normalized spacial score (nSPS) is 11.4. The maximum absolute atomic E-state index is 12.5. The summed E-state index contributed by atoms with van der Waals surface area (Å²) < 4.78 is 20.9. The molecule has 1 atom stereocenters. The van der Waals surface area contributed by atoms with Crippen LogP contribution in [0.15, 0.2) is 30.3 Å². The molecule has 0 aliphatic carbocycles. The van der Waals surface area contributed by atoms with Crippen LogP contribution in [0.3, 0.4) is 0 Å². The number of esters is 1. The van der Waals surface area contributed by atoms with Gasteiger partial charge in [0, 0.05) is 22.7 Å². The van der Waals surface area contributed by atoms with E-state index in [-0.39, 0.29) is 6.42 Å². The Labute approximate surface area is 174 Å². The van der Waals surface area contributed by atoms with Crippen LogP contribution in [0, 0.1) is 6.92 Å². The number of rotatable bonds is 8. The third-order valence-electron chi connectivity index (χ3n) is 4.25. The number of anilines is 1. The minimum Gasteiger partial charge on any atom is -0.497 e. The predicted molar refractivity (Wildman–Crippen MR) is 110 cm³/mol. The minimum atomic E-state index is -1.01. The molecule has 0 heterocycles. The van der Waals surface area contributed by atoms with E-state index in [0.29, 0.717) is 33.5 Å². The molecular weight excluding hydrogens is 398 g/mol. The van der Waals surface area contributed by atoms with Gasteiger partial charge in [0.05, 0.1) is 33.4 Å². The van der Waals surface area contributed by atoms with Gasteiger partial charge >= 0.3 is 5.97 Å². The predicted octanol–water partition coefficient (Wildman–Crippen LogP) is 3.79. The molecule has 2 aromatic rings. The molecule has 0 bridgehead atoms. The van der Waals surface area contributed by atoms with E-state index in [2.05, 4.69) is 5.32 Å². The van der Waals surface area contributed by atoms with Crippen LogP contribution < -0.4 is 19.5 Å². The van der Waals surface area contributed by atoms with Gasteiger partial charge in [0.2, 0.25) is 0 Å². The number of methoxy groups -OCH3 is 3. The molecular formula is C21H24ClNO6. The lowest BCUT2D eigenvalue weighted by Crippen LogP contribution is -2.30. The number of hydrogen-bond donors (Lipinski definition) is 1. The van der Waals surface area contributed by atoms with E-state index in [1.54, 1.807) is 37.4 Å². The Balaban J connectivity index is 2.03. The van der Waals surface area contributed by atoms with Gasteiger partial charge in [0.15, 0.2) is 6.10 Å². The topological polar surface area (TPSA) is 83.1 Å². The monoisotopic (exact) mass is 421 g/mol. The molecule has 0 aromatic heterocycles. The zero-order valence-corrected chi connectivity index (χ0v) is 17.8. The van der Waals surface area contributed by atoms with Crippen molar-refractivity contribution in [3.63, 3.8) is 0 Å². The van der Waals surface area contributed by atoms with Crippen LogP contribution in [-0.4, -0.2) is 39.3 Å². The first-order valence-corrected chi connectivity index (χ1v) is 9.22. The molecule has 7 nitrogen and oxygen atoms in total. The van der Waals surface area contributed by atoms with Crippen LogP contribution in [0.1, 0.15) is 18.1 Å². The lowest BCUT2D eigenvalue weighted by atomic mass is 10.1. The number of halogens is 1. The molecule has 156 valence electrons. The van der Waals surface area contributed by atoms with Gasteiger partial charge in [-0.1, -0.05) is 17.7 Å². The molecule has 0 radical (unpaired) electrons. The molecule has 0 aliphatic heterocycles. The van der Waals surface area contributed by atoms with E-state index in [1.807, 2.05) is 6.92 Å². The summed E-state index contributed by atoms with van der Waals surface area (Å²) in [6.45, 7) is 3.30. The molecule has 29 heavy (non-hydrogen) atoms. The van der Waals surface area contributed by atoms with Gasteiger partial charge in [-0.2, -0.15) is 0 Å². The summed E-state index contributed by atoms with van der Waals surface area (Å²) in [7, 11) is 4.52. The molecule has 1 N–H and O–H groups in total. The SMILES string of the molecule is COc1ccc(CC(=O)O[C@H](C)C(=O)Nc2cc(C)c(Cl)cc2OC)c(OC)c1. The van der Waals surface area contributed by atoms with E-state index in [0.717, 1.165) is 5.56 Å². The van der Waals surface area contributed by atoms with Gasteiger partial charge in [0.25, 0.3) is 5.91 Å². The smallest absolute Gasteiger partial charge is 0.311 e. The Kier molecular flexibility index (Phi) is 7.73. The van der Waals surface area contributed by atoms with Crippen molar-refractivity contribution in [3.05, 3.63) is 46.5 Å². The zero-order chi connectivity index (χ0) is 21.6. The fraction of sp³-hybridized carbons (Fsp3) is 0.333. The highest BCUT2D eigenvalue weighted by molar-refractivity contribution is 6.31. The molecule has 0 unspecified atom stereocenters. The second-order valence-corrected chi connectivity index (χ2v) is 6.68. The third kappa shape index (κ3) is 5.77. The van der Waals surface area contributed by atoms with E-state index in [4.69, 9.17) is 30.5 Å². The molecule has 8 heteroatoms. The van der Waals surface area contributed by atoms with Crippen molar-refractivity contribution in [1.29, 1.82) is 0 Å². The van der Waals surface area contributed by atoms with Crippen molar-refractivity contribution >= 4 is 29.2 Å². The van der Waals surface area contributed by atoms with E-state index >= 15 is 0 Å². The summed E-state index contributed by atoms with van der Waals surface area (Å²) in [4.78, 5) is 24.7. The van der Waals surface area contributed by atoms with Crippen molar-refractivity contribution in [2.24, 2.45) is 0 Å². The molecule has 0 saturated heterocycles. The molecule has 0 saturated carbocycles. The van der Waals surface area contributed by atoms with Gasteiger partial charge in [0.1, 0.15) is 17.2 Å². The maximum Gasteiger partial charge on any atom is 0.311 e. The Hall–Kier alpha value is -2.93. The number of ether oxygens (including phenoxy) is 4. The van der Waals surface area contributed by atoms with E-state index < -0.39 is 18.0 Å². The van der Waals surface area contributed by atoms with Crippen LogP contribution in [0.4, 0.5) is 5.69 Å². The average Bonchev–Trinajstić information content (AvgIpc) is 2.70. The maximum atomic E-state index is 12.5. The largest absolute Gasteiger partial charge is 0.497 e. The quantitative estimate of drug-likeness (QED) is 0.653. The lowest BCUT2D eigenvalue weighted by Gasteiger charge is -2.16. The number of nitrogens with one attached hydrogen (secondary N) is 1. The summed E-state index contributed by atoms with van der Waals surface area (Å²) in [6, 6.07) is 8.41. The molecule has 1 amide bonds. The summed E-state index contributed by atoms with van der Waals surface area (Å²) in [6.07, 6.45) is -1.05. The van der Waals surface area contributed by atoms with Gasteiger partial charge in [-0.15, -0.1) is 0 Å². The first-order chi connectivity index (χ1) is 13.8. The average molecular weight is 422 g/mol. The zero-order valence-electron chi connectivity index (χ0n) is 17.0. The van der Waals surface area contributed by atoms with Gasteiger partial charge in [-0.25, -0.2) is 0 Å². The summed E-state index contributed by atoms with van der Waals surface area (Å²) >= 11 is 6.07. The van der Waals surface area contributed by atoms with Crippen molar-refractivity contribution in [2.75, 3.05) is 26.6 Å². The standard InChI is InChI=1S/C21H24ClNO6/c1-12-8-17(19(28-5)11-16(12)22)23-21(25)13(2)29-20(24)9-14-6-7-15(26-3)10-18(14)27-4/h6-8,10-11,13H,9H2,1-5H3,(H,23,25)/t13-/m1/s1. The van der Waals surface area contributed by atoms with E-state index in [1.165, 1.54) is 21.1 Å². The second-order valence-electron chi connectivity index (χ2n) is 6.28. The summed E-state index contributed by atoms with van der Waals surface area (Å²) in [5, 5.41) is 3.22. The first kappa shape index (κ1) is 22.4. The van der Waals surface area contributed by atoms with Gasteiger partial charge in [-0.05, 0) is 31.5 Å². The Morgan fingerprint density at radius 1 is 1.03 bits per heavy atom. The second kappa shape index (κ2) is 10.0. The van der Waals surface area contributed by atoms with Gasteiger partial charge in [-0.3, -0.25) is 9.59 Å². The third-order valence-corrected chi connectivity index (χ3v) is 4.65. The van der Waals surface area contributed by atoms with Crippen LogP contribution >= 0.6 is 11.6 Å². The Morgan fingerprint density at radius 2 is 1.72 bits per heavy atom. The number of aryl methyl sites for hydroxylation is 1. The number of hydrogen-bond acceptors (Lipinski definition) is 6. The van der Waals surface area contributed by atoms with Crippen LogP contribution in [-0.2, 0) is 20.7 Å². The Bertz CT molecular complexity index is 899. The molecule has 2 rings (SSSR count). The number of amides is 1. The van der Waals surface area contributed by atoms with Crippen molar-refractivity contribution in [3.8, 4) is 17.2 Å². The highest BCUT2D eigenvalue weighted by Gasteiger charge is 2.21. The minimum absolute atomic E-state index is 0.0475. The number of carbonyl (C=O) groups excluding carboxylic acids is 2. The molecule has 2 aromatic carbocycles. The Morgan fingerprint density at radius 3 is 2.34 bits per heavy atom. The highest BCUT2D eigenvalue weighted by atomic mass is 35.5. The van der Waals surface area contributed by atoms with Crippen LogP contribution in [0.5, 0.6) is 17.2 Å². The summed E-state index contributed by atoms with van der Waals surface area (Å²) in [5.41, 5.74) is 1.85. The summed E-state index contributed by atoms with van der Waals surface area (Å²) in [5.74, 6) is 0.476. The molecule has 0 spiro atoms. The fourth-order valence-corrected chi connectivity index (χ4v) is 2.76. The first-order valence-electron chi connectivity index (χ1n) is 8.84. The number of benzene rings is 2. The number of carbonyl (C=O) groups is 2. The van der Waals surface area contributed by atoms with Crippen molar-refractivity contribution < 1.29 is 28.5 Å². The van der Waals surface area contributed by atoms with Crippen molar-refractivity contribution in [1.82, 2.24) is 0 Å². The molecule has 0 fully saturated rings. The lowest BCUT2D eigenvalue weighted by molar-refractivity contribution is -0.152. The van der Waals surface area contributed by atoms with Crippen LogP contribution in [0.2, 0.25) is 5.02 Å². The fourth-order valence-electron chi connectivity index (χ4n) is 2.61. The van der Waals surface area contributed by atoms with Crippen LogP contribution in [0.25, 0.3) is 0 Å². The van der Waals surface area contributed by atoms with Crippen molar-refractivity contribution in [2.45, 2.75) is 26.4 Å². The molecule has 0 aliphatic rings. The highest BCUT2D eigenvalue weighted by Crippen LogP contribution is 2.31.